The zero-order valence-corrected chi connectivity index (χ0v) is 9.85. The van der Waals surface area contributed by atoms with Gasteiger partial charge >= 0.3 is 0 Å². The van der Waals surface area contributed by atoms with Crippen molar-refractivity contribution in [1.82, 2.24) is 10.2 Å². The largest absolute Gasteiger partial charge is 0.370 e. The topological polar surface area (TPSA) is 84.7 Å². The molecule has 0 spiro atoms. The number of fused-ring (bicyclic) bond motifs is 1. The molecular weight excluding hydrogens is 222 g/mol. The maximum absolute atomic E-state index is 11.9. The van der Waals surface area contributed by atoms with E-state index in [1.807, 2.05) is 0 Å². The molecule has 2 aliphatic heterocycles. The Morgan fingerprint density at radius 3 is 3.18 bits per heavy atom. The summed E-state index contributed by atoms with van der Waals surface area (Å²) in [7, 11) is 0. The molecule has 3 N–H and O–H groups in total. The predicted octanol–water partition coefficient (Wildman–Crippen LogP) is -1.30. The lowest BCUT2D eigenvalue weighted by molar-refractivity contribution is -0.141. The fourth-order valence-electron chi connectivity index (χ4n) is 2.59. The molecule has 2 atom stereocenters. The van der Waals surface area contributed by atoms with Crippen LogP contribution < -0.4 is 11.1 Å². The van der Waals surface area contributed by atoms with Crippen molar-refractivity contribution in [2.75, 3.05) is 32.8 Å². The summed E-state index contributed by atoms with van der Waals surface area (Å²) in [6.45, 7) is 2.17. The first kappa shape index (κ1) is 12.3. The van der Waals surface area contributed by atoms with Gasteiger partial charge in [-0.15, -0.1) is 0 Å². The van der Waals surface area contributed by atoms with Crippen molar-refractivity contribution >= 4 is 11.8 Å². The van der Waals surface area contributed by atoms with Gasteiger partial charge in [0, 0.05) is 19.6 Å². The Bertz CT molecular complexity index is 308. The Morgan fingerprint density at radius 2 is 2.41 bits per heavy atom. The van der Waals surface area contributed by atoms with Crippen LogP contribution in [0.4, 0.5) is 0 Å². The molecule has 17 heavy (non-hydrogen) atoms. The van der Waals surface area contributed by atoms with E-state index in [0.717, 1.165) is 19.4 Å². The summed E-state index contributed by atoms with van der Waals surface area (Å²) in [6.07, 6.45) is 1.77. The van der Waals surface area contributed by atoms with Gasteiger partial charge in [-0.1, -0.05) is 0 Å². The summed E-state index contributed by atoms with van der Waals surface area (Å²) in [5, 5.41) is 2.82. The van der Waals surface area contributed by atoms with Gasteiger partial charge < -0.3 is 20.7 Å². The fraction of sp³-hybridized carbons (Fsp3) is 0.818. The average molecular weight is 241 g/mol. The Morgan fingerprint density at radius 1 is 1.59 bits per heavy atom. The molecular formula is C11H19N3O3. The van der Waals surface area contributed by atoms with Crippen LogP contribution in [0.5, 0.6) is 0 Å². The lowest BCUT2D eigenvalue weighted by Crippen LogP contribution is -2.50. The van der Waals surface area contributed by atoms with Crippen LogP contribution in [0.2, 0.25) is 0 Å². The molecule has 2 aliphatic rings. The number of nitrogens with two attached hydrogens (primary N) is 1. The number of carbonyl (C=O) groups excluding carboxylic acids is 2. The summed E-state index contributed by atoms with van der Waals surface area (Å²) in [5.74, 6) is 0.0160. The predicted molar refractivity (Wildman–Crippen MR) is 61.1 cm³/mol. The van der Waals surface area contributed by atoms with E-state index in [1.54, 1.807) is 4.90 Å². The Labute approximate surface area is 100 Å². The molecule has 2 amide bonds. The number of nitrogens with zero attached hydrogens (tertiary/aromatic N) is 1. The summed E-state index contributed by atoms with van der Waals surface area (Å²) < 4.78 is 5.15. The number of carbonyl (C=O) groups is 2. The van der Waals surface area contributed by atoms with Crippen molar-refractivity contribution in [3.63, 3.8) is 0 Å². The second kappa shape index (κ2) is 5.46. The molecule has 0 aromatic carbocycles. The van der Waals surface area contributed by atoms with Crippen LogP contribution in [0.25, 0.3) is 0 Å². The van der Waals surface area contributed by atoms with Crippen LogP contribution in [0, 0.1) is 5.92 Å². The first-order valence-electron chi connectivity index (χ1n) is 6.09. The second-order valence-electron chi connectivity index (χ2n) is 4.49. The zero-order valence-electron chi connectivity index (χ0n) is 9.85. The molecule has 0 aromatic rings. The highest BCUT2D eigenvalue weighted by atomic mass is 16.5. The van der Waals surface area contributed by atoms with Gasteiger partial charge in [0.2, 0.25) is 11.8 Å². The van der Waals surface area contributed by atoms with Gasteiger partial charge in [-0.05, 0) is 12.8 Å². The SMILES string of the molecule is NCCOCC(=O)N1CCCC2C(=O)NCC21. The average Bonchev–Trinajstić information content (AvgIpc) is 2.71. The Balaban J connectivity index is 1.91. The van der Waals surface area contributed by atoms with Gasteiger partial charge in [0.25, 0.3) is 0 Å². The molecule has 0 saturated carbocycles. The first-order valence-corrected chi connectivity index (χ1v) is 6.09. The molecule has 2 saturated heterocycles. The van der Waals surface area contributed by atoms with E-state index in [0.29, 0.717) is 19.7 Å². The normalized spacial score (nSPS) is 27.8. The highest BCUT2D eigenvalue weighted by Gasteiger charge is 2.42. The van der Waals surface area contributed by atoms with Gasteiger partial charge in [0.05, 0.1) is 18.6 Å². The van der Waals surface area contributed by atoms with Crippen molar-refractivity contribution in [1.29, 1.82) is 0 Å². The van der Waals surface area contributed by atoms with E-state index in [-0.39, 0.29) is 30.4 Å². The molecule has 2 rings (SSSR count). The number of hydrogen-bond acceptors (Lipinski definition) is 4. The number of hydrogen-bond donors (Lipinski definition) is 2. The fourth-order valence-corrected chi connectivity index (χ4v) is 2.59. The van der Waals surface area contributed by atoms with E-state index in [9.17, 15) is 9.59 Å². The van der Waals surface area contributed by atoms with Gasteiger partial charge in [-0.3, -0.25) is 9.59 Å². The first-order chi connectivity index (χ1) is 8.24. The van der Waals surface area contributed by atoms with E-state index in [2.05, 4.69) is 5.32 Å². The summed E-state index contributed by atoms with van der Waals surface area (Å²) in [4.78, 5) is 25.3. The molecule has 6 nitrogen and oxygen atoms in total. The van der Waals surface area contributed by atoms with Crippen LogP contribution in [0.3, 0.4) is 0 Å². The van der Waals surface area contributed by atoms with Crippen molar-refractivity contribution < 1.29 is 14.3 Å². The summed E-state index contributed by atoms with van der Waals surface area (Å²) >= 11 is 0. The second-order valence-corrected chi connectivity index (χ2v) is 4.49. The monoisotopic (exact) mass is 241 g/mol. The standard InChI is InChI=1S/C11H19N3O3/c12-3-5-17-7-10(15)14-4-1-2-8-9(14)6-13-11(8)16/h8-9H,1-7,12H2,(H,13,16). The lowest BCUT2D eigenvalue weighted by atomic mass is 9.91. The number of nitrogens with one attached hydrogen (secondary N) is 1. The molecule has 2 heterocycles. The van der Waals surface area contributed by atoms with Gasteiger partial charge in [-0.2, -0.15) is 0 Å². The highest BCUT2D eigenvalue weighted by Crippen LogP contribution is 2.27. The van der Waals surface area contributed by atoms with Crippen LogP contribution in [-0.4, -0.2) is 55.6 Å². The number of piperidine rings is 1. The summed E-state index contributed by atoms with van der Waals surface area (Å²) in [6, 6.07) is 0.0187. The number of rotatable bonds is 4. The summed E-state index contributed by atoms with van der Waals surface area (Å²) in [5.41, 5.74) is 5.29. The van der Waals surface area contributed by atoms with Gasteiger partial charge in [0.1, 0.15) is 6.61 Å². The minimum atomic E-state index is -0.0374. The third kappa shape index (κ3) is 2.58. The Kier molecular flexibility index (Phi) is 3.96. The number of amides is 2. The van der Waals surface area contributed by atoms with Crippen molar-refractivity contribution in [3.8, 4) is 0 Å². The van der Waals surface area contributed by atoms with Crippen molar-refractivity contribution in [2.45, 2.75) is 18.9 Å². The molecule has 0 aliphatic carbocycles. The lowest BCUT2D eigenvalue weighted by Gasteiger charge is -2.35. The highest BCUT2D eigenvalue weighted by molar-refractivity contribution is 5.85. The Hall–Kier alpha value is -1.14. The smallest absolute Gasteiger partial charge is 0.248 e. The third-order valence-corrected chi connectivity index (χ3v) is 3.41. The third-order valence-electron chi connectivity index (χ3n) is 3.41. The molecule has 0 radical (unpaired) electrons. The molecule has 96 valence electrons. The van der Waals surface area contributed by atoms with E-state index in [1.165, 1.54) is 0 Å². The van der Waals surface area contributed by atoms with Gasteiger partial charge in [0.15, 0.2) is 0 Å². The minimum Gasteiger partial charge on any atom is -0.370 e. The van der Waals surface area contributed by atoms with Crippen LogP contribution in [0.1, 0.15) is 12.8 Å². The van der Waals surface area contributed by atoms with E-state index in [4.69, 9.17) is 10.5 Å². The van der Waals surface area contributed by atoms with E-state index >= 15 is 0 Å². The van der Waals surface area contributed by atoms with Crippen molar-refractivity contribution in [3.05, 3.63) is 0 Å². The maximum Gasteiger partial charge on any atom is 0.248 e. The van der Waals surface area contributed by atoms with Crippen LogP contribution in [0.15, 0.2) is 0 Å². The van der Waals surface area contributed by atoms with E-state index < -0.39 is 0 Å². The zero-order chi connectivity index (χ0) is 12.3. The van der Waals surface area contributed by atoms with Crippen LogP contribution in [-0.2, 0) is 14.3 Å². The van der Waals surface area contributed by atoms with Crippen molar-refractivity contribution in [2.24, 2.45) is 11.7 Å². The number of ether oxygens (including phenoxy) is 1. The van der Waals surface area contributed by atoms with Gasteiger partial charge in [-0.25, -0.2) is 0 Å². The quantitative estimate of drug-likeness (QED) is 0.599. The molecule has 0 bridgehead atoms. The maximum atomic E-state index is 11.9. The molecule has 6 heteroatoms. The molecule has 0 aromatic heterocycles. The number of likely N-dealkylation sites (tertiary alicyclic amines) is 1. The van der Waals surface area contributed by atoms with Crippen LogP contribution >= 0.6 is 0 Å². The minimum absolute atomic E-state index is 0.0187. The molecule has 2 fully saturated rings. The molecule has 2 unspecified atom stereocenters.